The Hall–Kier alpha value is -2.08. The number of H-pyrrole nitrogens is 1. The van der Waals surface area contributed by atoms with Crippen LogP contribution in [-0.4, -0.2) is 21.0 Å². The highest BCUT2D eigenvalue weighted by Crippen LogP contribution is 2.18. The van der Waals surface area contributed by atoms with Crippen LogP contribution < -0.4 is 0 Å². The van der Waals surface area contributed by atoms with Crippen molar-refractivity contribution in [2.75, 3.05) is 0 Å². The van der Waals surface area contributed by atoms with Gasteiger partial charge in [0.05, 0.1) is 12.1 Å². The first kappa shape index (κ1) is 11.0. The zero-order valence-corrected chi connectivity index (χ0v) is 10.00. The van der Waals surface area contributed by atoms with Gasteiger partial charge in [0.15, 0.2) is 5.78 Å². The Morgan fingerprint density at radius 2 is 2.28 bits per heavy atom. The highest BCUT2D eigenvalue weighted by Gasteiger charge is 2.12. The molecule has 4 nitrogen and oxygen atoms in total. The highest BCUT2D eigenvalue weighted by atomic mass is 32.1. The van der Waals surface area contributed by atoms with E-state index in [-0.39, 0.29) is 18.0 Å². The van der Waals surface area contributed by atoms with Crippen LogP contribution >= 0.6 is 11.3 Å². The molecule has 0 aliphatic carbocycles. The summed E-state index contributed by atoms with van der Waals surface area (Å²) in [5.41, 5.74) is 2.80. The minimum Gasteiger partial charge on any atom is -0.352 e. The van der Waals surface area contributed by atoms with Gasteiger partial charge in [-0.3, -0.25) is 4.79 Å². The number of Topliss-reactive ketones (excluding diaryl/α,β-unsaturated/α-hetero) is 1. The summed E-state index contributed by atoms with van der Waals surface area (Å²) in [5.74, 6) is -0.395. The highest BCUT2D eigenvalue weighted by molar-refractivity contribution is 7.09. The van der Waals surface area contributed by atoms with Crippen LogP contribution in [0, 0.1) is 5.82 Å². The molecule has 0 spiro atoms. The van der Waals surface area contributed by atoms with Gasteiger partial charge >= 0.3 is 0 Å². The second kappa shape index (κ2) is 4.30. The van der Waals surface area contributed by atoms with Gasteiger partial charge in [-0.2, -0.15) is 0 Å². The van der Waals surface area contributed by atoms with Crippen molar-refractivity contribution in [1.82, 2.24) is 15.2 Å². The van der Waals surface area contributed by atoms with Gasteiger partial charge in [0.2, 0.25) is 0 Å². The molecule has 0 amide bonds. The number of benzene rings is 1. The Balaban J connectivity index is 1.92. The molecule has 90 valence electrons. The zero-order valence-electron chi connectivity index (χ0n) is 9.18. The second-order valence-corrected chi connectivity index (χ2v) is 4.76. The average Bonchev–Trinajstić information content (AvgIpc) is 2.96. The number of aromatic nitrogens is 3. The number of ketones is 1. The van der Waals surface area contributed by atoms with Crippen LogP contribution in [-0.2, 0) is 6.42 Å². The molecule has 0 bridgehead atoms. The van der Waals surface area contributed by atoms with Crippen molar-refractivity contribution in [1.29, 1.82) is 0 Å². The van der Waals surface area contributed by atoms with Crippen LogP contribution in [0.15, 0.2) is 29.8 Å². The monoisotopic (exact) mass is 261 g/mol. The van der Waals surface area contributed by atoms with Gasteiger partial charge in [-0.15, -0.1) is 21.5 Å². The van der Waals surface area contributed by atoms with E-state index in [0.29, 0.717) is 16.1 Å². The molecule has 6 heteroatoms. The van der Waals surface area contributed by atoms with Crippen molar-refractivity contribution in [3.63, 3.8) is 0 Å². The number of nitrogens with one attached hydrogen (secondary N) is 1. The molecule has 1 N–H and O–H groups in total. The van der Waals surface area contributed by atoms with E-state index in [1.165, 1.54) is 23.5 Å². The summed E-state index contributed by atoms with van der Waals surface area (Å²) in [7, 11) is 0. The summed E-state index contributed by atoms with van der Waals surface area (Å²) < 4.78 is 13.0. The van der Waals surface area contributed by atoms with E-state index in [1.54, 1.807) is 17.6 Å². The fourth-order valence-electron chi connectivity index (χ4n) is 1.76. The molecule has 18 heavy (non-hydrogen) atoms. The first-order valence-corrected chi connectivity index (χ1v) is 6.17. The number of hydrogen-bond donors (Lipinski definition) is 1. The molecule has 0 aliphatic heterocycles. The Bertz CT molecular complexity index is 705. The van der Waals surface area contributed by atoms with Gasteiger partial charge in [0.25, 0.3) is 0 Å². The number of halogens is 1. The van der Waals surface area contributed by atoms with Gasteiger partial charge in [0, 0.05) is 10.9 Å². The predicted octanol–water partition coefficient (Wildman–Crippen LogP) is 2.58. The molecule has 0 fully saturated rings. The molecule has 0 aliphatic rings. The topological polar surface area (TPSA) is 58.6 Å². The first-order chi connectivity index (χ1) is 8.72. The van der Waals surface area contributed by atoms with Crippen LogP contribution in [0.25, 0.3) is 10.9 Å². The smallest absolute Gasteiger partial charge is 0.185 e. The minimum absolute atomic E-state index is 0.0802. The molecule has 2 aromatic heterocycles. The molecule has 0 unspecified atom stereocenters. The van der Waals surface area contributed by atoms with Crippen LogP contribution in [0.4, 0.5) is 4.39 Å². The van der Waals surface area contributed by atoms with Crippen molar-refractivity contribution < 1.29 is 9.18 Å². The van der Waals surface area contributed by atoms with E-state index < -0.39 is 0 Å². The largest absolute Gasteiger partial charge is 0.352 e. The molecule has 1 aromatic carbocycles. The molecule has 3 rings (SSSR count). The van der Waals surface area contributed by atoms with E-state index >= 15 is 0 Å². The standard InChI is InChI=1S/C12H8FN3OS/c13-8-1-2-9-7(3-8)4-10(15-9)11(17)5-12-16-14-6-18-12/h1-4,6,15H,5H2. The van der Waals surface area contributed by atoms with Crippen LogP contribution in [0.5, 0.6) is 0 Å². The van der Waals surface area contributed by atoms with Gasteiger partial charge in [-0.1, -0.05) is 0 Å². The van der Waals surface area contributed by atoms with Crippen molar-refractivity contribution in [2.24, 2.45) is 0 Å². The van der Waals surface area contributed by atoms with Crippen molar-refractivity contribution in [3.05, 3.63) is 46.3 Å². The zero-order chi connectivity index (χ0) is 12.5. The molecule has 2 heterocycles. The number of fused-ring (bicyclic) bond motifs is 1. The number of carbonyl (C=O) groups is 1. The van der Waals surface area contributed by atoms with E-state index in [9.17, 15) is 9.18 Å². The summed E-state index contributed by atoms with van der Waals surface area (Å²) in [4.78, 5) is 15.0. The second-order valence-electron chi connectivity index (χ2n) is 3.85. The Kier molecular flexibility index (Phi) is 2.64. The number of hydrogen-bond acceptors (Lipinski definition) is 4. The fourth-order valence-corrected chi connectivity index (χ4v) is 2.28. The van der Waals surface area contributed by atoms with Gasteiger partial charge in [-0.25, -0.2) is 4.39 Å². The van der Waals surface area contributed by atoms with Crippen LogP contribution in [0.1, 0.15) is 15.5 Å². The summed E-state index contributed by atoms with van der Waals surface area (Å²) in [5, 5.41) is 8.86. The molecular weight excluding hydrogens is 253 g/mol. The number of aromatic amines is 1. The molecule has 0 radical (unpaired) electrons. The molecule has 0 saturated carbocycles. The third-order valence-corrected chi connectivity index (χ3v) is 3.30. The summed E-state index contributed by atoms with van der Waals surface area (Å²) in [6, 6.07) is 6.03. The quantitative estimate of drug-likeness (QED) is 0.737. The van der Waals surface area contributed by atoms with Crippen molar-refractivity contribution in [3.8, 4) is 0 Å². The van der Waals surface area contributed by atoms with Crippen LogP contribution in [0.2, 0.25) is 0 Å². The SMILES string of the molecule is O=C(Cc1nncs1)c1cc2cc(F)ccc2[nH]1. The van der Waals surface area contributed by atoms with Crippen molar-refractivity contribution >= 4 is 28.0 Å². The number of carbonyl (C=O) groups excluding carboxylic acids is 1. The van der Waals surface area contributed by atoms with E-state index in [2.05, 4.69) is 15.2 Å². The lowest BCUT2D eigenvalue weighted by molar-refractivity contribution is 0.0989. The Morgan fingerprint density at radius 1 is 1.39 bits per heavy atom. The Labute approximate surface area is 105 Å². The van der Waals surface area contributed by atoms with E-state index in [0.717, 1.165) is 5.52 Å². The minimum atomic E-state index is -0.315. The molecular formula is C12H8FN3OS. The lowest BCUT2D eigenvalue weighted by atomic mass is 10.2. The van der Waals surface area contributed by atoms with Gasteiger partial charge < -0.3 is 4.98 Å². The van der Waals surface area contributed by atoms with Crippen molar-refractivity contribution in [2.45, 2.75) is 6.42 Å². The lowest BCUT2D eigenvalue weighted by Crippen LogP contribution is -2.03. The van der Waals surface area contributed by atoms with Gasteiger partial charge in [-0.05, 0) is 24.3 Å². The molecule has 0 saturated heterocycles. The summed E-state index contributed by atoms with van der Waals surface area (Å²) >= 11 is 1.34. The maximum Gasteiger partial charge on any atom is 0.185 e. The third kappa shape index (κ3) is 2.02. The van der Waals surface area contributed by atoms with Gasteiger partial charge in [0.1, 0.15) is 16.3 Å². The first-order valence-electron chi connectivity index (χ1n) is 5.29. The van der Waals surface area contributed by atoms with E-state index in [1.807, 2.05) is 0 Å². The maximum absolute atomic E-state index is 13.0. The molecule has 3 aromatic rings. The Morgan fingerprint density at radius 3 is 3.06 bits per heavy atom. The average molecular weight is 261 g/mol. The summed E-state index contributed by atoms with van der Waals surface area (Å²) in [6.07, 6.45) is 0.208. The summed E-state index contributed by atoms with van der Waals surface area (Å²) in [6.45, 7) is 0. The lowest BCUT2D eigenvalue weighted by Gasteiger charge is -1.92. The number of rotatable bonds is 3. The predicted molar refractivity (Wildman–Crippen MR) is 66.2 cm³/mol. The van der Waals surface area contributed by atoms with E-state index in [4.69, 9.17) is 0 Å². The third-order valence-electron chi connectivity index (χ3n) is 2.60. The van der Waals surface area contributed by atoms with Crippen LogP contribution in [0.3, 0.4) is 0 Å². The fraction of sp³-hybridized carbons (Fsp3) is 0.0833. The maximum atomic E-state index is 13.0. The normalized spacial score (nSPS) is 10.9. The number of nitrogens with zero attached hydrogens (tertiary/aromatic N) is 2. The molecule has 0 atom stereocenters.